The van der Waals surface area contributed by atoms with Gasteiger partial charge in [-0.3, -0.25) is 9.59 Å². The number of nitrogens with zero attached hydrogens (tertiary/aromatic N) is 1. The van der Waals surface area contributed by atoms with Gasteiger partial charge in [0.1, 0.15) is 18.3 Å². The fourth-order valence-electron chi connectivity index (χ4n) is 3.07. The van der Waals surface area contributed by atoms with Crippen LogP contribution in [-0.4, -0.2) is 31.7 Å². The number of nitrogens with one attached hydrogen (secondary N) is 2. The van der Waals surface area contributed by atoms with E-state index in [9.17, 15) is 9.59 Å². The van der Waals surface area contributed by atoms with Crippen LogP contribution < -0.4 is 25.0 Å². The summed E-state index contributed by atoms with van der Waals surface area (Å²) in [6.07, 6.45) is 1.46. The molecule has 0 aliphatic heterocycles. The predicted octanol–water partition coefficient (Wildman–Crippen LogP) is 5.05. The Labute approximate surface area is 215 Å². The highest BCUT2D eigenvalue weighted by Crippen LogP contribution is 2.29. The van der Waals surface area contributed by atoms with E-state index >= 15 is 0 Å². The van der Waals surface area contributed by atoms with E-state index in [-0.39, 0.29) is 0 Å². The van der Waals surface area contributed by atoms with Crippen LogP contribution in [-0.2, 0) is 16.2 Å². The van der Waals surface area contributed by atoms with Gasteiger partial charge in [-0.1, -0.05) is 29.8 Å². The van der Waals surface area contributed by atoms with E-state index in [1.165, 1.54) is 13.1 Å². The predicted molar refractivity (Wildman–Crippen MR) is 140 cm³/mol. The van der Waals surface area contributed by atoms with Crippen LogP contribution in [0, 0.1) is 5.92 Å². The van der Waals surface area contributed by atoms with Crippen molar-refractivity contribution in [2.75, 3.05) is 19.0 Å². The summed E-state index contributed by atoms with van der Waals surface area (Å²) in [6, 6.07) is 19.6. The second-order valence-corrected chi connectivity index (χ2v) is 8.10. The Morgan fingerprint density at radius 2 is 1.75 bits per heavy atom. The fourth-order valence-corrected chi connectivity index (χ4v) is 3.26. The number of methoxy groups -OCH3 is 1. The molecule has 0 heterocycles. The van der Waals surface area contributed by atoms with Crippen LogP contribution in [0.4, 0.5) is 5.69 Å². The molecule has 0 saturated heterocycles. The molecule has 0 aromatic heterocycles. The van der Waals surface area contributed by atoms with E-state index in [1.54, 1.807) is 55.6 Å². The number of hydrogen-bond donors (Lipinski definition) is 2. The lowest BCUT2D eigenvalue weighted by molar-refractivity contribution is -0.131. The Hall–Kier alpha value is -4.04. The van der Waals surface area contributed by atoms with Crippen LogP contribution in [0.1, 0.15) is 25.0 Å². The summed E-state index contributed by atoms with van der Waals surface area (Å²) in [5.74, 6) is -0.188. The minimum absolute atomic E-state index is 0.291. The van der Waals surface area contributed by atoms with Crippen molar-refractivity contribution in [3.63, 3.8) is 0 Å². The van der Waals surface area contributed by atoms with E-state index in [2.05, 4.69) is 15.8 Å². The van der Waals surface area contributed by atoms with Gasteiger partial charge >= 0.3 is 0 Å². The second kappa shape index (κ2) is 13.2. The number of carbonyl (C=O) groups is 2. The molecule has 0 bridgehead atoms. The van der Waals surface area contributed by atoms with Crippen LogP contribution in [0.2, 0.25) is 5.02 Å². The Balaban J connectivity index is 1.57. The van der Waals surface area contributed by atoms with Gasteiger partial charge < -0.3 is 19.5 Å². The molecule has 8 nitrogen and oxygen atoms in total. The molecule has 9 heteroatoms. The average Bonchev–Trinajstić information content (AvgIpc) is 2.89. The van der Waals surface area contributed by atoms with Gasteiger partial charge in [0.2, 0.25) is 5.91 Å². The van der Waals surface area contributed by atoms with Crippen molar-refractivity contribution >= 4 is 35.3 Å². The third kappa shape index (κ3) is 7.48. The Kier molecular flexibility index (Phi) is 9.71. The van der Waals surface area contributed by atoms with Gasteiger partial charge in [-0.05, 0) is 67.9 Å². The van der Waals surface area contributed by atoms with Crippen molar-refractivity contribution in [3.05, 3.63) is 82.9 Å². The van der Waals surface area contributed by atoms with Crippen molar-refractivity contribution in [2.24, 2.45) is 11.0 Å². The van der Waals surface area contributed by atoms with Gasteiger partial charge in [-0.2, -0.15) is 5.10 Å². The first-order valence-corrected chi connectivity index (χ1v) is 11.7. The first kappa shape index (κ1) is 26.6. The largest absolute Gasteiger partial charge is 0.497 e. The molecule has 0 spiro atoms. The zero-order valence-corrected chi connectivity index (χ0v) is 21.0. The highest BCUT2D eigenvalue weighted by molar-refractivity contribution is 6.31. The topological polar surface area (TPSA) is 98.2 Å². The molecule has 2 amide bonds. The second-order valence-electron chi connectivity index (χ2n) is 7.69. The number of ether oxygens (including phenoxy) is 3. The van der Waals surface area contributed by atoms with E-state index in [0.29, 0.717) is 46.7 Å². The normalized spacial score (nSPS) is 11.6. The molecule has 0 aliphatic carbocycles. The van der Waals surface area contributed by atoms with Gasteiger partial charge in [0, 0.05) is 16.3 Å². The molecule has 0 radical (unpaired) electrons. The van der Waals surface area contributed by atoms with Crippen LogP contribution in [0.25, 0.3) is 0 Å². The van der Waals surface area contributed by atoms with Crippen LogP contribution >= 0.6 is 11.6 Å². The maximum atomic E-state index is 12.4. The van der Waals surface area contributed by atoms with Crippen molar-refractivity contribution in [2.45, 2.75) is 20.5 Å². The maximum Gasteiger partial charge on any atom is 0.252 e. The molecule has 0 saturated carbocycles. The number of rotatable bonds is 11. The molecule has 188 valence electrons. The van der Waals surface area contributed by atoms with E-state index in [4.69, 9.17) is 25.8 Å². The number of hydrazone groups is 1. The van der Waals surface area contributed by atoms with Crippen molar-refractivity contribution in [1.82, 2.24) is 5.43 Å². The standard InChI is InChI=1S/C27H28ClN3O5/c1-4-35-25-15-19(9-14-24(25)36-17-20-7-5-6-8-23(20)28)16-29-31-27(33)18(2)26(32)30-21-10-12-22(34-3)13-11-21/h5-16,18H,4,17H2,1-3H3,(H,30,32)(H,31,33). The lowest BCUT2D eigenvalue weighted by Gasteiger charge is -2.13. The van der Waals surface area contributed by atoms with Crippen LogP contribution in [0.3, 0.4) is 0 Å². The van der Waals surface area contributed by atoms with Gasteiger partial charge in [0.05, 0.1) is 19.9 Å². The molecule has 3 aromatic rings. The Morgan fingerprint density at radius 1 is 1.00 bits per heavy atom. The smallest absolute Gasteiger partial charge is 0.252 e. The van der Waals surface area contributed by atoms with Gasteiger partial charge in [-0.25, -0.2) is 5.43 Å². The van der Waals surface area contributed by atoms with Gasteiger partial charge in [-0.15, -0.1) is 0 Å². The number of carbonyl (C=O) groups excluding carboxylic acids is 2. The summed E-state index contributed by atoms with van der Waals surface area (Å²) >= 11 is 6.20. The lowest BCUT2D eigenvalue weighted by atomic mass is 10.1. The Morgan fingerprint density at radius 3 is 2.44 bits per heavy atom. The monoisotopic (exact) mass is 509 g/mol. The summed E-state index contributed by atoms with van der Waals surface area (Å²) < 4.78 is 16.7. The molecule has 2 N–H and O–H groups in total. The number of halogens is 1. The summed E-state index contributed by atoms with van der Waals surface area (Å²) in [7, 11) is 1.56. The van der Waals surface area contributed by atoms with E-state index < -0.39 is 17.7 Å². The summed E-state index contributed by atoms with van der Waals surface area (Å²) in [5, 5.41) is 7.29. The van der Waals surface area contributed by atoms with Crippen LogP contribution in [0.15, 0.2) is 71.8 Å². The minimum Gasteiger partial charge on any atom is -0.497 e. The number of amides is 2. The first-order chi connectivity index (χ1) is 17.4. The van der Waals surface area contributed by atoms with Crippen LogP contribution in [0.5, 0.6) is 17.2 Å². The molecule has 3 rings (SSSR count). The summed E-state index contributed by atoms with van der Waals surface area (Å²) in [4.78, 5) is 24.8. The quantitative estimate of drug-likeness (QED) is 0.214. The number of hydrogen-bond acceptors (Lipinski definition) is 6. The molecule has 0 aliphatic rings. The van der Waals surface area contributed by atoms with Crippen molar-refractivity contribution in [3.8, 4) is 17.2 Å². The zero-order valence-electron chi connectivity index (χ0n) is 20.3. The summed E-state index contributed by atoms with van der Waals surface area (Å²) in [5.41, 5.74) is 4.50. The van der Waals surface area contributed by atoms with Gasteiger partial charge in [0.25, 0.3) is 5.91 Å². The average molecular weight is 510 g/mol. The third-order valence-corrected chi connectivity index (χ3v) is 5.51. The third-order valence-electron chi connectivity index (χ3n) is 5.14. The highest BCUT2D eigenvalue weighted by atomic mass is 35.5. The SMILES string of the molecule is CCOc1cc(C=NNC(=O)C(C)C(=O)Nc2ccc(OC)cc2)ccc1OCc1ccccc1Cl. The lowest BCUT2D eigenvalue weighted by Crippen LogP contribution is -2.34. The maximum absolute atomic E-state index is 12.4. The van der Waals surface area contributed by atoms with Crippen molar-refractivity contribution in [1.29, 1.82) is 0 Å². The molecule has 36 heavy (non-hydrogen) atoms. The molecule has 0 fully saturated rings. The van der Waals surface area contributed by atoms with Crippen molar-refractivity contribution < 1.29 is 23.8 Å². The number of anilines is 1. The molecule has 1 unspecified atom stereocenters. The zero-order chi connectivity index (χ0) is 25.9. The van der Waals surface area contributed by atoms with E-state index in [1.807, 2.05) is 25.1 Å². The minimum atomic E-state index is -0.955. The molecule has 3 aromatic carbocycles. The highest BCUT2D eigenvalue weighted by Gasteiger charge is 2.21. The molecule has 1 atom stereocenters. The number of benzene rings is 3. The fraction of sp³-hybridized carbons (Fsp3) is 0.222. The Bertz CT molecular complexity index is 1210. The molecular weight excluding hydrogens is 482 g/mol. The van der Waals surface area contributed by atoms with Gasteiger partial charge in [0.15, 0.2) is 11.5 Å². The van der Waals surface area contributed by atoms with E-state index in [0.717, 1.165) is 5.56 Å². The first-order valence-electron chi connectivity index (χ1n) is 11.3. The summed E-state index contributed by atoms with van der Waals surface area (Å²) in [6.45, 7) is 4.11. The molecular formula is C27H28ClN3O5.